The highest BCUT2D eigenvalue weighted by Gasteiger charge is 2.23. The Bertz CT molecular complexity index is 555. The highest BCUT2D eigenvalue weighted by molar-refractivity contribution is 6.06. The number of hydrazone groups is 1. The molecule has 2 nitrogen and oxygen atoms in total. The van der Waals surface area contributed by atoms with Crippen molar-refractivity contribution in [2.45, 2.75) is 12.8 Å². The van der Waals surface area contributed by atoms with Crippen LogP contribution in [0.4, 0.5) is 0 Å². The summed E-state index contributed by atoms with van der Waals surface area (Å²) in [6, 6.07) is 19.1. The molecule has 0 spiro atoms. The normalized spacial score (nSPS) is 18.3. The third-order valence-corrected chi connectivity index (χ3v) is 3.37. The second kappa shape index (κ2) is 4.65. The maximum Gasteiger partial charge on any atom is 0.0768 e. The second-order valence-corrected chi connectivity index (χ2v) is 4.69. The quantitative estimate of drug-likeness (QED) is 0.851. The molecule has 90 valence electrons. The summed E-state index contributed by atoms with van der Waals surface area (Å²) in [6.07, 6.45) is 0. The molecule has 0 amide bonds. The van der Waals surface area contributed by atoms with Gasteiger partial charge in [-0.2, -0.15) is 5.10 Å². The number of nitrogens with one attached hydrogen (secondary N) is 1. The summed E-state index contributed by atoms with van der Waals surface area (Å²) in [4.78, 5) is 0. The van der Waals surface area contributed by atoms with Gasteiger partial charge < -0.3 is 5.43 Å². The van der Waals surface area contributed by atoms with E-state index in [1.165, 1.54) is 16.7 Å². The van der Waals surface area contributed by atoms with E-state index in [4.69, 9.17) is 0 Å². The summed E-state index contributed by atoms with van der Waals surface area (Å²) in [5.74, 6) is 0.355. The molecule has 0 aromatic heterocycles. The van der Waals surface area contributed by atoms with E-state index in [1.807, 2.05) is 0 Å². The number of benzene rings is 2. The minimum absolute atomic E-state index is 0.355. The lowest BCUT2D eigenvalue weighted by atomic mass is 9.90. The van der Waals surface area contributed by atoms with Crippen molar-refractivity contribution in [2.75, 3.05) is 6.54 Å². The Morgan fingerprint density at radius 3 is 2.44 bits per heavy atom. The van der Waals surface area contributed by atoms with Gasteiger partial charge in [-0.3, -0.25) is 0 Å². The van der Waals surface area contributed by atoms with Crippen LogP contribution in [-0.2, 0) is 0 Å². The predicted octanol–water partition coefficient (Wildman–Crippen LogP) is 3.09. The third kappa shape index (κ3) is 2.02. The van der Waals surface area contributed by atoms with Crippen LogP contribution in [0.15, 0.2) is 59.7 Å². The van der Waals surface area contributed by atoms with Crippen LogP contribution in [-0.4, -0.2) is 12.3 Å². The van der Waals surface area contributed by atoms with Crippen molar-refractivity contribution in [3.8, 4) is 0 Å². The molecule has 1 aliphatic heterocycles. The van der Waals surface area contributed by atoms with Gasteiger partial charge in [0.2, 0.25) is 0 Å². The fraction of sp³-hybridized carbons (Fsp3) is 0.188. The SMILES string of the molecule is Cc1ccc(C2=NNC[C@H]2c2ccccc2)cc1. The van der Waals surface area contributed by atoms with Gasteiger partial charge in [0.25, 0.3) is 0 Å². The summed E-state index contributed by atoms with van der Waals surface area (Å²) in [5.41, 5.74) is 8.07. The van der Waals surface area contributed by atoms with Crippen LogP contribution in [0.3, 0.4) is 0 Å². The molecule has 1 aliphatic rings. The number of nitrogens with zero attached hydrogens (tertiary/aromatic N) is 1. The van der Waals surface area contributed by atoms with E-state index in [2.05, 4.69) is 72.0 Å². The van der Waals surface area contributed by atoms with Crippen molar-refractivity contribution in [2.24, 2.45) is 5.10 Å². The van der Waals surface area contributed by atoms with E-state index in [0.29, 0.717) is 5.92 Å². The molecule has 3 rings (SSSR count). The van der Waals surface area contributed by atoms with Gasteiger partial charge in [-0.1, -0.05) is 60.2 Å². The molecule has 1 N–H and O–H groups in total. The van der Waals surface area contributed by atoms with Crippen LogP contribution in [0.1, 0.15) is 22.6 Å². The molecule has 0 saturated heterocycles. The molecular weight excluding hydrogens is 220 g/mol. The summed E-state index contributed by atoms with van der Waals surface area (Å²) >= 11 is 0. The van der Waals surface area contributed by atoms with Gasteiger partial charge in [-0.15, -0.1) is 0 Å². The Morgan fingerprint density at radius 2 is 1.72 bits per heavy atom. The summed E-state index contributed by atoms with van der Waals surface area (Å²) in [6.45, 7) is 2.99. The number of hydrogen-bond donors (Lipinski definition) is 1. The van der Waals surface area contributed by atoms with E-state index >= 15 is 0 Å². The summed E-state index contributed by atoms with van der Waals surface area (Å²) in [5, 5.41) is 4.46. The van der Waals surface area contributed by atoms with Crippen molar-refractivity contribution >= 4 is 5.71 Å². The minimum atomic E-state index is 0.355. The first-order valence-electron chi connectivity index (χ1n) is 6.27. The monoisotopic (exact) mass is 236 g/mol. The highest BCUT2D eigenvalue weighted by Crippen LogP contribution is 2.24. The average Bonchev–Trinajstić information content (AvgIpc) is 2.90. The van der Waals surface area contributed by atoms with Gasteiger partial charge >= 0.3 is 0 Å². The van der Waals surface area contributed by atoms with E-state index in [-0.39, 0.29) is 0 Å². The molecule has 1 heterocycles. The average molecular weight is 236 g/mol. The molecule has 0 unspecified atom stereocenters. The summed E-state index contributed by atoms with van der Waals surface area (Å²) < 4.78 is 0. The van der Waals surface area contributed by atoms with E-state index in [0.717, 1.165) is 12.3 Å². The lowest BCUT2D eigenvalue weighted by Crippen LogP contribution is -2.14. The lowest BCUT2D eigenvalue weighted by molar-refractivity contribution is 0.763. The molecule has 0 radical (unpaired) electrons. The highest BCUT2D eigenvalue weighted by atomic mass is 15.3. The van der Waals surface area contributed by atoms with E-state index in [1.54, 1.807) is 0 Å². The van der Waals surface area contributed by atoms with Gasteiger partial charge in [0.05, 0.1) is 5.71 Å². The number of hydrogen-bond acceptors (Lipinski definition) is 2. The van der Waals surface area contributed by atoms with Gasteiger partial charge in [0.1, 0.15) is 0 Å². The van der Waals surface area contributed by atoms with Crippen molar-refractivity contribution in [1.29, 1.82) is 0 Å². The Labute approximate surface area is 107 Å². The Hall–Kier alpha value is -2.09. The first-order valence-corrected chi connectivity index (χ1v) is 6.27. The van der Waals surface area contributed by atoms with Crippen LogP contribution >= 0.6 is 0 Å². The first kappa shape index (κ1) is 11.0. The minimum Gasteiger partial charge on any atom is -0.309 e. The molecule has 2 aromatic carbocycles. The predicted molar refractivity (Wildman–Crippen MR) is 74.9 cm³/mol. The zero-order valence-corrected chi connectivity index (χ0v) is 10.4. The van der Waals surface area contributed by atoms with Gasteiger partial charge in [0.15, 0.2) is 0 Å². The van der Waals surface area contributed by atoms with Crippen LogP contribution in [0.2, 0.25) is 0 Å². The maximum absolute atomic E-state index is 4.46. The molecule has 1 atom stereocenters. The van der Waals surface area contributed by atoms with Crippen molar-refractivity contribution < 1.29 is 0 Å². The lowest BCUT2D eigenvalue weighted by Gasteiger charge is -2.12. The molecule has 2 aromatic rings. The topological polar surface area (TPSA) is 24.4 Å². The third-order valence-electron chi connectivity index (χ3n) is 3.37. The fourth-order valence-corrected chi connectivity index (χ4v) is 2.35. The number of aryl methyl sites for hydroxylation is 1. The van der Waals surface area contributed by atoms with Crippen LogP contribution in [0.5, 0.6) is 0 Å². The van der Waals surface area contributed by atoms with Crippen molar-refractivity contribution in [1.82, 2.24) is 5.43 Å². The zero-order chi connectivity index (χ0) is 12.4. The molecule has 0 bridgehead atoms. The molecule has 18 heavy (non-hydrogen) atoms. The van der Waals surface area contributed by atoms with Gasteiger partial charge in [0, 0.05) is 12.5 Å². The van der Waals surface area contributed by atoms with Crippen molar-refractivity contribution in [3.63, 3.8) is 0 Å². The standard InChI is InChI=1S/C16H16N2/c1-12-7-9-14(10-8-12)16-15(11-17-18-16)13-5-3-2-4-6-13/h2-10,15,17H,11H2,1H3/t15-/m0/s1. The van der Waals surface area contributed by atoms with Gasteiger partial charge in [-0.05, 0) is 18.1 Å². The largest absolute Gasteiger partial charge is 0.309 e. The van der Waals surface area contributed by atoms with Crippen LogP contribution < -0.4 is 5.43 Å². The van der Waals surface area contributed by atoms with E-state index in [9.17, 15) is 0 Å². The fourth-order valence-electron chi connectivity index (χ4n) is 2.35. The molecule has 0 saturated carbocycles. The summed E-state index contributed by atoms with van der Waals surface area (Å²) in [7, 11) is 0. The van der Waals surface area contributed by atoms with Crippen molar-refractivity contribution in [3.05, 3.63) is 71.3 Å². The Kier molecular flexibility index (Phi) is 2.85. The Balaban J connectivity index is 1.94. The first-order chi connectivity index (χ1) is 8.84. The maximum atomic E-state index is 4.46. The molecule has 0 aliphatic carbocycles. The van der Waals surface area contributed by atoms with Gasteiger partial charge in [-0.25, -0.2) is 0 Å². The number of rotatable bonds is 2. The molecule has 2 heteroatoms. The molecule has 0 fully saturated rings. The zero-order valence-electron chi connectivity index (χ0n) is 10.4. The molecular formula is C16H16N2. The Morgan fingerprint density at radius 1 is 1.00 bits per heavy atom. The van der Waals surface area contributed by atoms with Crippen LogP contribution in [0.25, 0.3) is 0 Å². The van der Waals surface area contributed by atoms with Crippen LogP contribution in [0, 0.1) is 6.92 Å². The van der Waals surface area contributed by atoms with E-state index < -0.39 is 0 Å². The smallest absolute Gasteiger partial charge is 0.0768 e. The second-order valence-electron chi connectivity index (χ2n) is 4.69.